The van der Waals surface area contributed by atoms with Crippen LogP contribution >= 0.6 is 0 Å². The van der Waals surface area contributed by atoms with Crippen LogP contribution in [-0.4, -0.2) is 23.6 Å². The van der Waals surface area contributed by atoms with E-state index in [1.807, 2.05) is 59.4 Å². The van der Waals surface area contributed by atoms with E-state index in [0.29, 0.717) is 11.3 Å². The predicted molar refractivity (Wildman–Crippen MR) is 95.4 cm³/mol. The fourth-order valence-electron chi connectivity index (χ4n) is 2.63. The first kappa shape index (κ1) is 16.5. The average molecular weight is 334 g/mol. The molecule has 0 radical (unpaired) electrons. The van der Waals surface area contributed by atoms with Crippen LogP contribution < -0.4 is 5.32 Å². The van der Waals surface area contributed by atoms with Gasteiger partial charge in [0.15, 0.2) is 0 Å². The van der Waals surface area contributed by atoms with E-state index in [0.717, 1.165) is 5.56 Å². The lowest BCUT2D eigenvalue weighted by molar-refractivity contribution is -0.118. The largest absolute Gasteiger partial charge is 0.465 e. The van der Waals surface area contributed by atoms with Gasteiger partial charge in [0.1, 0.15) is 6.04 Å². The molecule has 2 aromatic carbocycles. The maximum atomic E-state index is 12.9. The summed E-state index contributed by atoms with van der Waals surface area (Å²) in [6.07, 6.45) is 3.72. The summed E-state index contributed by atoms with van der Waals surface area (Å²) >= 11 is 0. The minimum atomic E-state index is -0.475. The molecule has 0 fully saturated rings. The number of methoxy groups -OCH3 is 1. The molecule has 0 saturated heterocycles. The molecule has 1 N–H and O–H groups in total. The zero-order valence-corrected chi connectivity index (χ0v) is 13.8. The normalized spacial score (nSPS) is 11.6. The van der Waals surface area contributed by atoms with E-state index in [1.165, 1.54) is 7.11 Å². The number of anilines is 1. The highest BCUT2D eigenvalue weighted by Crippen LogP contribution is 2.21. The van der Waals surface area contributed by atoms with E-state index < -0.39 is 12.0 Å². The Morgan fingerprint density at radius 2 is 1.56 bits per heavy atom. The molecule has 0 spiro atoms. The molecule has 1 heterocycles. The molecule has 0 bridgehead atoms. The number of hydrogen-bond donors (Lipinski definition) is 1. The second kappa shape index (κ2) is 7.49. The van der Waals surface area contributed by atoms with Crippen molar-refractivity contribution in [3.8, 4) is 0 Å². The number of ether oxygens (including phenoxy) is 1. The Bertz CT molecular complexity index is 840. The van der Waals surface area contributed by atoms with Crippen LogP contribution in [0, 0.1) is 0 Å². The SMILES string of the molecule is COC(=O)c1ccc(NC(=O)[C@@H](c2ccccc2)n2cccc2)cc1. The second-order valence-electron chi connectivity index (χ2n) is 5.50. The summed E-state index contributed by atoms with van der Waals surface area (Å²) in [6, 6.07) is 19.5. The van der Waals surface area contributed by atoms with Crippen LogP contribution in [0.25, 0.3) is 0 Å². The van der Waals surface area contributed by atoms with Crippen molar-refractivity contribution in [1.82, 2.24) is 4.57 Å². The number of rotatable bonds is 5. The number of esters is 1. The Kier molecular flexibility index (Phi) is 4.95. The van der Waals surface area contributed by atoms with Gasteiger partial charge in [0, 0.05) is 18.1 Å². The average Bonchev–Trinajstić information content (AvgIpc) is 3.17. The smallest absolute Gasteiger partial charge is 0.337 e. The van der Waals surface area contributed by atoms with Gasteiger partial charge in [-0.05, 0) is 42.0 Å². The van der Waals surface area contributed by atoms with Gasteiger partial charge in [-0.25, -0.2) is 4.79 Å². The maximum Gasteiger partial charge on any atom is 0.337 e. The monoisotopic (exact) mass is 334 g/mol. The zero-order chi connectivity index (χ0) is 17.6. The Labute approximate surface area is 145 Å². The lowest BCUT2D eigenvalue weighted by atomic mass is 10.1. The summed E-state index contributed by atoms with van der Waals surface area (Å²) in [7, 11) is 1.33. The molecule has 1 atom stereocenters. The summed E-state index contributed by atoms with van der Waals surface area (Å²) in [5.41, 5.74) is 1.94. The predicted octanol–water partition coefficient (Wildman–Crippen LogP) is 3.50. The molecule has 1 aromatic heterocycles. The molecule has 0 saturated carbocycles. The molecular weight excluding hydrogens is 316 g/mol. The molecular formula is C20H18N2O3. The van der Waals surface area contributed by atoms with Gasteiger partial charge in [-0.1, -0.05) is 30.3 Å². The van der Waals surface area contributed by atoms with Crippen LogP contribution in [0.4, 0.5) is 5.69 Å². The molecule has 25 heavy (non-hydrogen) atoms. The number of carbonyl (C=O) groups is 2. The van der Waals surface area contributed by atoms with Gasteiger partial charge < -0.3 is 14.6 Å². The summed E-state index contributed by atoms with van der Waals surface area (Å²) in [4.78, 5) is 24.3. The fraction of sp³-hybridized carbons (Fsp3) is 0.100. The molecule has 3 aromatic rings. The van der Waals surface area contributed by atoms with Crippen molar-refractivity contribution < 1.29 is 14.3 Å². The summed E-state index contributed by atoms with van der Waals surface area (Å²) in [5, 5.41) is 2.90. The van der Waals surface area contributed by atoms with E-state index in [1.54, 1.807) is 24.3 Å². The van der Waals surface area contributed by atoms with Crippen molar-refractivity contribution in [2.24, 2.45) is 0 Å². The third-order valence-electron chi connectivity index (χ3n) is 3.86. The minimum Gasteiger partial charge on any atom is -0.465 e. The van der Waals surface area contributed by atoms with E-state index in [-0.39, 0.29) is 5.91 Å². The number of carbonyl (C=O) groups excluding carboxylic acids is 2. The highest BCUT2D eigenvalue weighted by molar-refractivity contribution is 5.96. The molecule has 5 heteroatoms. The van der Waals surface area contributed by atoms with E-state index in [9.17, 15) is 9.59 Å². The highest BCUT2D eigenvalue weighted by Gasteiger charge is 2.21. The van der Waals surface area contributed by atoms with Crippen molar-refractivity contribution in [3.63, 3.8) is 0 Å². The van der Waals surface area contributed by atoms with Crippen molar-refractivity contribution in [2.45, 2.75) is 6.04 Å². The first-order chi connectivity index (χ1) is 12.2. The van der Waals surface area contributed by atoms with Gasteiger partial charge in [0.05, 0.1) is 12.7 Å². The van der Waals surface area contributed by atoms with Gasteiger partial charge in [-0.15, -0.1) is 0 Å². The van der Waals surface area contributed by atoms with Gasteiger partial charge in [-0.2, -0.15) is 0 Å². The van der Waals surface area contributed by atoms with Gasteiger partial charge in [0.2, 0.25) is 0 Å². The first-order valence-corrected chi connectivity index (χ1v) is 7.85. The van der Waals surface area contributed by atoms with Crippen LogP contribution in [0.5, 0.6) is 0 Å². The minimum absolute atomic E-state index is 0.159. The zero-order valence-electron chi connectivity index (χ0n) is 13.8. The molecule has 0 unspecified atom stereocenters. The molecule has 126 valence electrons. The van der Waals surface area contributed by atoms with E-state index in [4.69, 9.17) is 0 Å². The van der Waals surface area contributed by atoms with Crippen LogP contribution in [0.2, 0.25) is 0 Å². The summed E-state index contributed by atoms with van der Waals surface area (Å²) in [6.45, 7) is 0. The third kappa shape index (κ3) is 3.77. The van der Waals surface area contributed by atoms with Crippen LogP contribution in [0.3, 0.4) is 0 Å². The maximum absolute atomic E-state index is 12.9. The Morgan fingerprint density at radius 3 is 2.16 bits per heavy atom. The van der Waals surface area contributed by atoms with Gasteiger partial charge in [0.25, 0.3) is 5.91 Å². The van der Waals surface area contributed by atoms with E-state index in [2.05, 4.69) is 10.1 Å². The lowest BCUT2D eigenvalue weighted by Gasteiger charge is -2.19. The standard InChI is InChI=1S/C20H18N2O3/c1-25-20(24)16-9-11-17(12-10-16)21-19(23)18(22-13-5-6-14-22)15-7-3-2-4-8-15/h2-14,18H,1H3,(H,21,23)/t18-/m1/s1. The third-order valence-corrected chi connectivity index (χ3v) is 3.86. The topological polar surface area (TPSA) is 60.3 Å². The Morgan fingerprint density at radius 1 is 0.920 bits per heavy atom. The van der Waals surface area contributed by atoms with Gasteiger partial charge in [-0.3, -0.25) is 4.79 Å². The molecule has 1 amide bonds. The number of benzene rings is 2. The molecule has 0 aliphatic rings. The number of aromatic nitrogens is 1. The number of amides is 1. The van der Waals surface area contributed by atoms with E-state index >= 15 is 0 Å². The number of nitrogens with zero attached hydrogens (tertiary/aromatic N) is 1. The quantitative estimate of drug-likeness (QED) is 0.727. The number of hydrogen-bond acceptors (Lipinski definition) is 3. The molecule has 5 nitrogen and oxygen atoms in total. The van der Waals surface area contributed by atoms with Crippen molar-refractivity contribution >= 4 is 17.6 Å². The Hall–Kier alpha value is -3.34. The summed E-state index contributed by atoms with van der Waals surface area (Å²) in [5.74, 6) is -0.569. The second-order valence-corrected chi connectivity index (χ2v) is 5.50. The molecule has 3 rings (SSSR count). The van der Waals surface area contributed by atoms with Crippen molar-refractivity contribution in [1.29, 1.82) is 0 Å². The molecule has 0 aliphatic heterocycles. The van der Waals surface area contributed by atoms with Crippen LogP contribution in [0.15, 0.2) is 79.1 Å². The van der Waals surface area contributed by atoms with Crippen LogP contribution in [-0.2, 0) is 9.53 Å². The fourth-order valence-corrected chi connectivity index (χ4v) is 2.63. The molecule has 0 aliphatic carbocycles. The summed E-state index contributed by atoms with van der Waals surface area (Å²) < 4.78 is 6.53. The Balaban J connectivity index is 1.83. The lowest BCUT2D eigenvalue weighted by Crippen LogP contribution is -2.26. The van der Waals surface area contributed by atoms with Crippen molar-refractivity contribution in [2.75, 3.05) is 12.4 Å². The highest BCUT2D eigenvalue weighted by atomic mass is 16.5. The van der Waals surface area contributed by atoms with Crippen LogP contribution in [0.1, 0.15) is 22.0 Å². The van der Waals surface area contributed by atoms with Gasteiger partial charge >= 0.3 is 5.97 Å². The first-order valence-electron chi connectivity index (χ1n) is 7.85. The van der Waals surface area contributed by atoms with Crippen molar-refractivity contribution in [3.05, 3.63) is 90.3 Å². The number of nitrogens with one attached hydrogen (secondary N) is 1.